The van der Waals surface area contributed by atoms with Crippen molar-refractivity contribution in [1.29, 1.82) is 0 Å². The lowest BCUT2D eigenvalue weighted by molar-refractivity contribution is -0.140. The Morgan fingerprint density at radius 1 is 0.826 bits per heavy atom. The van der Waals surface area contributed by atoms with Crippen LogP contribution in [0, 0.1) is 0 Å². The number of hydrogen-bond donors (Lipinski definition) is 1. The van der Waals surface area contributed by atoms with Crippen LogP contribution in [0.1, 0.15) is 25.0 Å². The summed E-state index contributed by atoms with van der Waals surface area (Å²) in [5.41, 5.74) is 1.45. The summed E-state index contributed by atoms with van der Waals surface area (Å²) in [7, 11) is -4.30. The number of likely N-dealkylation sites (N-methyl/N-ethyl adjacent to an activating group) is 1. The Morgan fingerprint density at radius 3 is 2.04 bits per heavy atom. The first kappa shape index (κ1) is 35.1. The fourth-order valence-corrected chi connectivity index (χ4v) is 6.89. The topological polar surface area (TPSA) is 96.0 Å². The summed E-state index contributed by atoms with van der Waals surface area (Å²) in [6.07, 6.45) is 0.160. The van der Waals surface area contributed by atoms with Crippen molar-refractivity contribution in [2.45, 2.75) is 37.8 Å². The van der Waals surface area contributed by atoms with E-state index >= 15 is 0 Å². The summed E-state index contributed by atoms with van der Waals surface area (Å²) >= 11 is 19.1. The highest BCUT2D eigenvalue weighted by Gasteiger charge is 2.35. The van der Waals surface area contributed by atoms with Crippen molar-refractivity contribution in [3.8, 4) is 5.75 Å². The minimum atomic E-state index is -4.30. The largest absolute Gasteiger partial charge is 0.494 e. The molecule has 2 amide bonds. The molecule has 8 nitrogen and oxygen atoms in total. The monoisotopic (exact) mass is 701 g/mol. The van der Waals surface area contributed by atoms with Crippen LogP contribution in [0.4, 0.5) is 5.69 Å². The Kier molecular flexibility index (Phi) is 12.3. The van der Waals surface area contributed by atoms with Gasteiger partial charge in [-0.15, -0.1) is 0 Å². The van der Waals surface area contributed by atoms with E-state index in [-0.39, 0.29) is 23.5 Å². The van der Waals surface area contributed by atoms with Gasteiger partial charge >= 0.3 is 0 Å². The van der Waals surface area contributed by atoms with E-state index in [0.29, 0.717) is 39.5 Å². The van der Waals surface area contributed by atoms with Gasteiger partial charge in [-0.2, -0.15) is 0 Å². The van der Waals surface area contributed by atoms with Crippen LogP contribution in [0.5, 0.6) is 5.75 Å². The first-order valence-corrected chi connectivity index (χ1v) is 17.2. The van der Waals surface area contributed by atoms with E-state index in [1.807, 2.05) is 37.3 Å². The molecule has 0 spiro atoms. The van der Waals surface area contributed by atoms with Crippen LogP contribution in [-0.4, -0.2) is 50.9 Å². The molecule has 0 saturated heterocycles. The van der Waals surface area contributed by atoms with Gasteiger partial charge in [-0.05, 0) is 80.1 Å². The molecule has 4 rings (SSSR count). The smallest absolute Gasteiger partial charge is 0.264 e. The van der Waals surface area contributed by atoms with E-state index in [2.05, 4.69) is 5.32 Å². The molecule has 4 aromatic carbocycles. The van der Waals surface area contributed by atoms with Crippen molar-refractivity contribution < 1.29 is 22.7 Å². The van der Waals surface area contributed by atoms with Crippen molar-refractivity contribution in [1.82, 2.24) is 10.2 Å². The molecule has 4 aromatic rings. The van der Waals surface area contributed by atoms with Crippen molar-refractivity contribution >= 4 is 62.3 Å². The van der Waals surface area contributed by atoms with Gasteiger partial charge < -0.3 is 15.0 Å². The zero-order valence-corrected chi connectivity index (χ0v) is 28.4. The molecule has 0 radical (unpaired) electrons. The first-order chi connectivity index (χ1) is 22.0. The normalized spacial score (nSPS) is 11.8. The van der Waals surface area contributed by atoms with E-state index in [1.165, 1.54) is 29.2 Å². The van der Waals surface area contributed by atoms with E-state index in [9.17, 15) is 18.0 Å². The highest BCUT2D eigenvalue weighted by atomic mass is 35.5. The summed E-state index contributed by atoms with van der Waals surface area (Å²) in [5.74, 6) is -0.513. The van der Waals surface area contributed by atoms with Gasteiger partial charge in [0.1, 0.15) is 18.3 Å². The number of nitrogens with zero attached hydrogens (tertiary/aromatic N) is 2. The summed E-state index contributed by atoms with van der Waals surface area (Å²) in [4.78, 5) is 29.4. The number of anilines is 1. The predicted octanol–water partition coefficient (Wildman–Crippen LogP) is 7.02. The Morgan fingerprint density at radius 2 is 1.46 bits per heavy atom. The number of halogens is 3. The quantitative estimate of drug-likeness (QED) is 0.153. The van der Waals surface area contributed by atoms with E-state index in [1.54, 1.807) is 49.4 Å². The molecule has 1 unspecified atom stereocenters. The standard InChI is InChI=1S/C34H34Cl3N3O5S/c1-3-38-34(42)32(21-24-9-6-5-7-10-24)39(22-29-30(36)11-8-12-31(29)37)33(41)23-40(26-15-17-27(18-16-26)45-4-2)46(43,44)28-19-13-25(35)14-20-28/h5-20,32H,3-4,21-23H2,1-2H3,(H,38,42). The number of benzene rings is 4. The molecule has 242 valence electrons. The minimum absolute atomic E-state index is 0.0659. The first-order valence-electron chi connectivity index (χ1n) is 14.6. The number of hydrogen-bond acceptors (Lipinski definition) is 5. The average Bonchev–Trinajstić information content (AvgIpc) is 3.04. The number of nitrogens with one attached hydrogen (secondary N) is 1. The molecule has 0 fully saturated rings. The zero-order valence-electron chi connectivity index (χ0n) is 25.3. The summed E-state index contributed by atoms with van der Waals surface area (Å²) < 4.78 is 34.8. The van der Waals surface area contributed by atoms with Gasteiger partial charge in [-0.25, -0.2) is 8.42 Å². The third kappa shape index (κ3) is 8.73. The molecule has 0 aliphatic rings. The average molecular weight is 703 g/mol. The fourth-order valence-electron chi connectivity index (χ4n) is 4.84. The number of sulfonamides is 1. The number of amides is 2. The van der Waals surface area contributed by atoms with Crippen LogP contribution < -0.4 is 14.4 Å². The van der Waals surface area contributed by atoms with Crippen molar-refractivity contribution in [3.63, 3.8) is 0 Å². The van der Waals surface area contributed by atoms with Crippen LogP contribution in [0.15, 0.2) is 102 Å². The molecule has 0 bridgehead atoms. The van der Waals surface area contributed by atoms with Gasteiger partial charge in [0.2, 0.25) is 11.8 Å². The lowest BCUT2D eigenvalue weighted by atomic mass is 10.0. The second-order valence-corrected chi connectivity index (χ2v) is 13.3. The Labute approximate surface area is 284 Å². The Hall–Kier alpha value is -3.76. The molecule has 0 heterocycles. The van der Waals surface area contributed by atoms with Crippen LogP contribution in [0.3, 0.4) is 0 Å². The van der Waals surface area contributed by atoms with Gasteiger partial charge in [-0.3, -0.25) is 13.9 Å². The van der Waals surface area contributed by atoms with Crippen LogP contribution in [0.25, 0.3) is 0 Å². The van der Waals surface area contributed by atoms with Crippen LogP contribution in [-0.2, 0) is 32.6 Å². The second-order valence-electron chi connectivity index (χ2n) is 10.2. The molecule has 1 N–H and O–H groups in total. The molecule has 12 heteroatoms. The summed E-state index contributed by atoms with van der Waals surface area (Å²) in [5, 5.41) is 3.79. The van der Waals surface area contributed by atoms with Gasteiger partial charge in [0.15, 0.2) is 0 Å². The third-order valence-electron chi connectivity index (χ3n) is 7.13. The lowest BCUT2D eigenvalue weighted by Gasteiger charge is -2.34. The van der Waals surface area contributed by atoms with Gasteiger partial charge in [0.25, 0.3) is 10.0 Å². The molecule has 0 aromatic heterocycles. The predicted molar refractivity (Wildman–Crippen MR) is 183 cm³/mol. The van der Waals surface area contributed by atoms with E-state index in [0.717, 1.165) is 9.87 Å². The molecule has 0 saturated carbocycles. The van der Waals surface area contributed by atoms with Crippen molar-refractivity contribution in [2.75, 3.05) is 24.0 Å². The molecule has 1 atom stereocenters. The Balaban J connectivity index is 1.82. The number of ether oxygens (including phenoxy) is 1. The van der Waals surface area contributed by atoms with Gasteiger partial charge in [0, 0.05) is 40.1 Å². The van der Waals surface area contributed by atoms with Crippen molar-refractivity contribution in [3.05, 3.63) is 123 Å². The van der Waals surface area contributed by atoms with E-state index in [4.69, 9.17) is 39.5 Å². The van der Waals surface area contributed by atoms with Crippen LogP contribution in [0.2, 0.25) is 15.1 Å². The van der Waals surface area contributed by atoms with Crippen LogP contribution >= 0.6 is 34.8 Å². The number of carbonyl (C=O) groups is 2. The molecular formula is C34H34Cl3N3O5S. The van der Waals surface area contributed by atoms with E-state index < -0.39 is 34.4 Å². The van der Waals surface area contributed by atoms with Crippen molar-refractivity contribution in [2.24, 2.45) is 0 Å². The molecule has 0 aliphatic heterocycles. The zero-order chi connectivity index (χ0) is 33.3. The molecule has 0 aliphatic carbocycles. The number of rotatable bonds is 14. The summed E-state index contributed by atoms with van der Waals surface area (Å²) in [6.45, 7) is 3.58. The third-order valence-corrected chi connectivity index (χ3v) is 9.88. The Bertz CT molecular complexity index is 1720. The highest BCUT2D eigenvalue weighted by Crippen LogP contribution is 2.30. The molecule has 46 heavy (non-hydrogen) atoms. The lowest BCUT2D eigenvalue weighted by Crippen LogP contribution is -2.53. The maximum atomic E-state index is 14.5. The maximum Gasteiger partial charge on any atom is 0.264 e. The fraction of sp³-hybridized carbons (Fsp3) is 0.235. The second kappa shape index (κ2) is 16.2. The number of carbonyl (C=O) groups excluding carboxylic acids is 2. The SMILES string of the molecule is CCNC(=O)C(Cc1ccccc1)N(Cc1c(Cl)cccc1Cl)C(=O)CN(c1ccc(OCC)cc1)S(=O)(=O)c1ccc(Cl)cc1. The summed E-state index contributed by atoms with van der Waals surface area (Å²) in [6, 6.07) is 25.2. The minimum Gasteiger partial charge on any atom is -0.494 e. The highest BCUT2D eigenvalue weighted by molar-refractivity contribution is 7.92. The van der Waals surface area contributed by atoms with Gasteiger partial charge in [0.05, 0.1) is 17.2 Å². The molecular weight excluding hydrogens is 669 g/mol. The van der Waals surface area contributed by atoms with Gasteiger partial charge in [-0.1, -0.05) is 71.2 Å². The maximum absolute atomic E-state index is 14.5.